The minimum atomic E-state index is 0.347. The average molecular weight is 308 g/mol. The zero-order valence-electron chi connectivity index (χ0n) is 13.1. The van der Waals surface area contributed by atoms with Crippen molar-refractivity contribution in [2.75, 3.05) is 0 Å². The monoisotopic (exact) mass is 308 g/mol. The number of fused-ring (bicyclic) bond motifs is 1. The van der Waals surface area contributed by atoms with Gasteiger partial charge < -0.3 is 9.51 Å². The topological polar surface area (TPSA) is 85.4 Å². The van der Waals surface area contributed by atoms with Gasteiger partial charge in [-0.05, 0) is 30.2 Å². The highest BCUT2D eigenvalue weighted by Gasteiger charge is 2.17. The molecule has 116 valence electrons. The molecule has 7 nitrogen and oxygen atoms in total. The van der Waals surface area contributed by atoms with Crippen LogP contribution < -0.4 is 0 Å². The minimum absolute atomic E-state index is 0.347. The molecule has 0 bridgehead atoms. The summed E-state index contributed by atoms with van der Waals surface area (Å²) in [7, 11) is 1.88. The smallest absolute Gasteiger partial charge is 0.276 e. The van der Waals surface area contributed by atoms with Crippen LogP contribution >= 0.6 is 0 Å². The Morgan fingerprint density at radius 1 is 1.22 bits per heavy atom. The first kappa shape index (κ1) is 13.7. The van der Waals surface area contributed by atoms with Gasteiger partial charge in [-0.15, -0.1) is 0 Å². The molecule has 3 aromatic heterocycles. The molecule has 4 rings (SSSR count). The van der Waals surface area contributed by atoms with E-state index in [0.717, 1.165) is 28.0 Å². The lowest BCUT2D eigenvalue weighted by Gasteiger charge is -1.95. The molecule has 1 aromatic carbocycles. The second-order valence-corrected chi connectivity index (χ2v) is 5.79. The number of aromatic amines is 1. The summed E-state index contributed by atoms with van der Waals surface area (Å²) < 4.78 is 7.19. The van der Waals surface area contributed by atoms with Crippen LogP contribution in [0.15, 0.2) is 35.1 Å². The number of rotatable bonds is 3. The van der Waals surface area contributed by atoms with E-state index in [1.165, 1.54) is 0 Å². The normalized spacial score (nSPS) is 11.7. The quantitative estimate of drug-likeness (QED) is 0.628. The number of nitrogens with one attached hydrogen (secondary N) is 1. The van der Waals surface area contributed by atoms with E-state index < -0.39 is 0 Å². The van der Waals surface area contributed by atoms with Gasteiger partial charge in [-0.25, -0.2) is 4.98 Å². The molecule has 0 unspecified atom stereocenters. The third-order valence-corrected chi connectivity index (χ3v) is 3.81. The van der Waals surface area contributed by atoms with E-state index in [9.17, 15) is 0 Å². The Kier molecular flexibility index (Phi) is 3.00. The number of aromatic nitrogens is 6. The summed E-state index contributed by atoms with van der Waals surface area (Å²) in [5.74, 6) is 1.36. The van der Waals surface area contributed by atoms with Crippen molar-refractivity contribution in [2.45, 2.75) is 19.8 Å². The molecule has 0 spiro atoms. The molecule has 0 aliphatic heterocycles. The summed E-state index contributed by atoms with van der Waals surface area (Å²) in [6, 6.07) is 7.80. The summed E-state index contributed by atoms with van der Waals surface area (Å²) in [4.78, 5) is 11.8. The highest BCUT2D eigenvalue weighted by Crippen LogP contribution is 2.25. The third kappa shape index (κ3) is 2.30. The SMILES string of the molecule is CC(C)c1cc(-c2nc(-c3ccc4nc[nH]c4c3)no2)n(C)n1. The van der Waals surface area contributed by atoms with Crippen LogP contribution in [0.3, 0.4) is 0 Å². The van der Waals surface area contributed by atoms with E-state index >= 15 is 0 Å². The number of aryl methyl sites for hydroxylation is 1. The summed E-state index contributed by atoms with van der Waals surface area (Å²) in [5, 5.41) is 8.57. The van der Waals surface area contributed by atoms with E-state index in [0.29, 0.717) is 17.6 Å². The van der Waals surface area contributed by atoms with Crippen LogP contribution in [-0.4, -0.2) is 29.9 Å². The van der Waals surface area contributed by atoms with Gasteiger partial charge >= 0.3 is 0 Å². The van der Waals surface area contributed by atoms with Gasteiger partial charge in [0, 0.05) is 12.6 Å². The van der Waals surface area contributed by atoms with Gasteiger partial charge in [-0.1, -0.05) is 19.0 Å². The molecule has 3 heterocycles. The number of hydrogen-bond acceptors (Lipinski definition) is 5. The van der Waals surface area contributed by atoms with Gasteiger partial charge in [0.05, 0.1) is 23.1 Å². The van der Waals surface area contributed by atoms with Crippen molar-refractivity contribution >= 4 is 11.0 Å². The summed E-state index contributed by atoms with van der Waals surface area (Å²) in [5.41, 5.74) is 4.54. The standard InChI is InChI=1S/C16H16N6O/c1-9(2)12-7-14(22(3)20-12)16-19-15(21-23-16)10-4-5-11-13(6-10)18-8-17-11/h4-9H,1-3H3,(H,17,18). The maximum absolute atomic E-state index is 5.42. The maximum Gasteiger partial charge on any atom is 0.276 e. The van der Waals surface area contributed by atoms with Gasteiger partial charge in [0.25, 0.3) is 5.89 Å². The van der Waals surface area contributed by atoms with Crippen LogP contribution in [0.4, 0.5) is 0 Å². The Bertz CT molecular complexity index is 977. The lowest BCUT2D eigenvalue weighted by atomic mass is 10.1. The second kappa shape index (κ2) is 5.05. The molecule has 0 radical (unpaired) electrons. The number of imidazole rings is 1. The zero-order chi connectivity index (χ0) is 16.0. The average Bonchev–Trinajstić information content (AvgIpc) is 3.24. The predicted molar refractivity (Wildman–Crippen MR) is 85.7 cm³/mol. The maximum atomic E-state index is 5.42. The summed E-state index contributed by atoms with van der Waals surface area (Å²) >= 11 is 0. The fourth-order valence-electron chi connectivity index (χ4n) is 2.49. The molecule has 0 saturated carbocycles. The van der Waals surface area contributed by atoms with E-state index in [1.807, 2.05) is 31.3 Å². The van der Waals surface area contributed by atoms with Gasteiger partial charge in [0.2, 0.25) is 5.82 Å². The van der Waals surface area contributed by atoms with Crippen LogP contribution in [0.1, 0.15) is 25.5 Å². The highest BCUT2D eigenvalue weighted by atomic mass is 16.5. The van der Waals surface area contributed by atoms with Crippen LogP contribution in [0.2, 0.25) is 0 Å². The molecule has 0 aliphatic rings. The van der Waals surface area contributed by atoms with Gasteiger partial charge in [-0.2, -0.15) is 10.1 Å². The first-order chi connectivity index (χ1) is 11.1. The van der Waals surface area contributed by atoms with Gasteiger partial charge in [0.15, 0.2) is 0 Å². The van der Waals surface area contributed by atoms with Crippen molar-refractivity contribution in [3.05, 3.63) is 36.3 Å². The Balaban J connectivity index is 1.73. The van der Waals surface area contributed by atoms with Crippen molar-refractivity contribution in [3.63, 3.8) is 0 Å². The largest absolute Gasteiger partial charge is 0.345 e. The molecular formula is C16H16N6O. The van der Waals surface area contributed by atoms with Crippen LogP contribution in [0.5, 0.6) is 0 Å². The summed E-state index contributed by atoms with van der Waals surface area (Å²) in [6.07, 6.45) is 1.67. The van der Waals surface area contributed by atoms with E-state index in [-0.39, 0.29) is 0 Å². The molecule has 0 amide bonds. The number of hydrogen-bond donors (Lipinski definition) is 1. The van der Waals surface area contributed by atoms with Gasteiger partial charge in [0.1, 0.15) is 5.69 Å². The molecule has 7 heteroatoms. The second-order valence-electron chi connectivity index (χ2n) is 5.79. The Morgan fingerprint density at radius 2 is 2.09 bits per heavy atom. The van der Waals surface area contributed by atoms with Crippen molar-refractivity contribution in [1.82, 2.24) is 29.9 Å². The van der Waals surface area contributed by atoms with Crippen molar-refractivity contribution in [1.29, 1.82) is 0 Å². The molecule has 0 aliphatic carbocycles. The van der Waals surface area contributed by atoms with E-state index in [2.05, 4.69) is 39.1 Å². The molecule has 1 N–H and O–H groups in total. The molecule has 0 fully saturated rings. The predicted octanol–water partition coefficient (Wildman–Crippen LogP) is 3.14. The number of H-pyrrole nitrogens is 1. The molecular weight excluding hydrogens is 292 g/mol. The Morgan fingerprint density at radius 3 is 2.87 bits per heavy atom. The minimum Gasteiger partial charge on any atom is -0.345 e. The van der Waals surface area contributed by atoms with Crippen molar-refractivity contribution < 1.29 is 4.52 Å². The lowest BCUT2D eigenvalue weighted by Crippen LogP contribution is -1.95. The zero-order valence-corrected chi connectivity index (χ0v) is 13.1. The Labute approximate surface area is 132 Å². The van der Waals surface area contributed by atoms with Crippen LogP contribution in [0, 0.1) is 0 Å². The number of benzene rings is 1. The lowest BCUT2D eigenvalue weighted by molar-refractivity contribution is 0.428. The number of nitrogens with zero attached hydrogens (tertiary/aromatic N) is 5. The van der Waals surface area contributed by atoms with Crippen molar-refractivity contribution in [3.8, 4) is 23.0 Å². The van der Waals surface area contributed by atoms with E-state index in [4.69, 9.17) is 4.52 Å². The fourth-order valence-corrected chi connectivity index (χ4v) is 2.49. The Hall–Kier alpha value is -2.96. The fraction of sp³-hybridized carbons (Fsp3) is 0.250. The molecule has 4 aromatic rings. The first-order valence-corrected chi connectivity index (χ1v) is 7.43. The van der Waals surface area contributed by atoms with Crippen LogP contribution in [-0.2, 0) is 7.05 Å². The van der Waals surface area contributed by atoms with E-state index in [1.54, 1.807) is 11.0 Å². The van der Waals surface area contributed by atoms with Gasteiger partial charge in [-0.3, -0.25) is 4.68 Å². The molecule has 0 atom stereocenters. The third-order valence-electron chi connectivity index (χ3n) is 3.81. The van der Waals surface area contributed by atoms with Crippen molar-refractivity contribution in [2.24, 2.45) is 7.05 Å². The molecule has 23 heavy (non-hydrogen) atoms. The summed E-state index contributed by atoms with van der Waals surface area (Å²) in [6.45, 7) is 4.20. The van der Waals surface area contributed by atoms with Crippen LogP contribution in [0.25, 0.3) is 34.0 Å². The molecule has 0 saturated heterocycles. The highest BCUT2D eigenvalue weighted by molar-refractivity contribution is 5.80. The first-order valence-electron chi connectivity index (χ1n) is 7.43.